The lowest BCUT2D eigenvalue weighted by Crippen LogP contribution is -2.31. The predicted octanol–water partition coefficient (Wildman–Crippen LogP) is 3.49. The van der Waals surface area contributed by atoms with Crippen LogP contribution in [-0.4, -0.2) is 64.0 Å². The molecule has 3 aromatic rings. The normalized spacial score (nSPS) is 16.1. The molecule has 1 aliphatic heterocycles. The lowest BCUT2D eigenvalue weighted by atomic mass is 10.1. The van der Waals surface area contributed by atoms with Crippen LogP contribution in [0.1, 0.15) is 40.8 Å². The molecule has 0 N–H and O–H groups in total. The number of aryl methyl sites for hydroxylation is 1. The van der Waals surface area contributed by atoms with Crippen molar-refractivity contribution in [3.8, 4) is 11.6 Å². The Kier molecular flexibility index (Phi) is 6.32. The van der Waals surface area contributed by atoms with E-state index in [4.69, 9.17) is 9.72 Å². The fourth-order valence-corrected chi connectivity index (χ4v) is 3.96. The van der Waals surface area contributed by atoms with Crippen LogP contribution in [0.3, 0.4) is 0 Å². The highest BCUT2D eigenvalue weighted by atomic mass is 16.5. The maximum absolute atomic E-state index is 13.5. The molecule has 1 aromatic carbocycles. The van der Waals surface area contributed by atoms with Gasteiger partial charge in [0.1, 0.15) is 24.0 Å². The van der Waals surface area contributed by atoms with Gasteiger partial charge < -0.3 is 14.5 Å². The predicted molar refractivity (Wildman–Crippen MR) is 120 cm³/mol. The zero-order valence-electron chi connectivity index (χ0n) is 18.4. The molecule has 1 saturated heterocycles. The molecule has 0 radical (unpaired) electrons. The van der Waals surface area contributed by atoms with Gasteiger partial charge in [-0.2, -0.15) is 0 Å². The number of aromatic nitrogens is 3. The van der Waals surface area contributed by atoms with Gasteiger partial charge in [0.15, 0.2) is 0 Å². The highest BCUT2D eigenvalue weighted by Gasteiger charge is 2.33. The molecule has 1 atom stereocenters. The van der Waals surface area contributed by atoms with Crippen molar-refractivity contribution in [1.29, 1.82) is 0 Å². The fraction of sp³-hybridized carbons (Fsp3) is 0.375. The van der Waals surface area contributed by atoms with Crippen LogP contribution in [0.25, 0.3) is 5.82 Å². The number of imidazole rings is 1. The third-order valence-electron chi connectivity index (χ3n) is 5.60. The Balaban J connectivity index is 1.57. The molecule has 0 unspecified atom stereocenters. The summed E-state index contributed by atoms with van der Waals surface area (Å²) >= 11 is 0. The molecule has 0 bridgehead atoms. The Bertz CT molecular complexity index is 1050. The number of hydrogen-bond donors (Lipinski definition) is 0. The molecule has 7 nitrogen and oxygen atoms in total. The summed E-state index contributed by atoms with van der Waals surface area (Å²) in [6.07, 6.45) is 5.52. The number of para-hydroxylation sites is 1. The van der Waals surface area contributed by atoms with Crippen molar-refractivity contribution in [2.75, 3.05) is 33.8 Å². The molecule has 0 aliphatic carbocycles. The molecule has 3 heterocycles. The Morgan fingerprint density at radius 3 is 2.81 bits per heavy atom. The number of likely N-dealkylation sites (N-methyl/N-ethyl adjacent to an activating group) is 1. The van der Waals surface area contributed by atoms with E-state index in [9.17, 15) is 4.79 Å². The molecule has 162 valence electrons. The Hall–Kier alpha value is -3.19. The summed E-state index contributed by atoms with van der Waals surface area (Å²) in [6, 6.07) is 13.4. The largest absolute Gasteiger partial charge is 0.491 e. The number of pyridine rings is 1. The zero-order valence-corrected chi connectivity index (χ0v) is 18.4. The first-order valence-corrected chi connectivity index (χ1v) is 10.7. The number of benzene rings is 1. The van der Waals surface area contributed by atoms with Gasteiger partial charge in [-0.3, -0.25) is 9.36 Å². The number of likely N-dealkylation sites (tertiary alicyclic amines) is 1. The Morgan fingerprint density at radius 1 is 1.19 bits per heavy atom. The molecule has 4 rings (SSSR count). The standard InChI is InChI=1S/C24H29N5O2/c1-18-25-13-15-28(18)23-12-6-9-20(26-23)21-10-7-14-29(21)24(30)19-8-4-5-11-22(19)31-17-16-27(2)3/h4-6,8-9,11-13,15,21H,7,10,14,16-17H2,1-3H3/t21-/m1/s1. The molecule has 0 spiro atoms. The lowest BCUT2D eigenvalue weighted by molar-refractivity contribution is 0.0728. The van der Waals surface area contributed by atoms with Gasteiger partial charge in [0.2, 0.25) is 0 Å². The Morgan fingerprint density at radius 2 is 2.03 bits per heavy atom. The number of amides is 1. The Labute approximate surface area is 183 Å². The number of nitrogens with zero attached hydrogens (tertiary/aromatic N) is 5. The van der Waals surface area contributed by atoms with Crippen molar-refractivity contribution in [1.82, 2.24) is 24.3 Å². The molecular weight excluding hydrogens is 390 g/mol. The van der Waals surface area contributed by atoms with E-state index < -0.39 is 0 Å². The summed E-state index contributed by atoms with van der Waals surface area (Å²) in [4.78, 5) is 26.7. The third kappa shape index (κ3) is 4.61. The van der Waals surface area contributed by atoms with E-state index >= 15 is 0 Å². The minimum Gasteiger partial charge on any atom is -0.491 e. The SMILES string of the molecule is Cc1nccn1-c1cccc([C@H]2CCCN2C(=O)c2ccccc2OCCN(C)C)n1. The van der Waals surface area contributed by atoms with E-state index in [0.717, 1.165) is 36.7 Å². The first kappa shape index (κ1) is 21.1. The van der Waals surface area contributed by atoms with Gasteiger partial charge in [-0.05, 0) is 58.1 Å². The summed E-state index contributed by atoms with van der Waals surface area (Å²) in [7, 11) is 4.00. The average Bonchev–Trinajstić information content (AvgIpc) is 3.43. The van der Waals surface area contributed by atoms with Crippen molar-refractivity contribution in [3.05, 3.63) is 71.9 Å². The van der Waals surface area contributed by atoms with E-state index in [1.165, 1.54) is 0 Å². The number of hydrogen-bond acceptors (Lipinski definition) is 5. The highest BCUT2D eigenvalue weighted by Crippen LogP contribution is 2.34. The molecule has 1 fully saturated rings. The van der Waals surface area contributed by atoms with Crippen molar-refractivity contribution in [2.24, 2.45) is 0 Å². The van der Waals surface area contributed by atoms with Crippen molar-refractivity contribution in [3.63, 3.8) is 0 Å². The first-order valence-electron chi connectivity index (χ1n) is 10.7. The summed E-state index contributed by atoms with van der Waals surface area (Å²) in [5.41, 5.74) is 1.51. The van der Waals surface area contributed by atoms with Gasteiger partial charge in [0.05, 0.1) is 17.3 Å². The van der Waals surface area contributed by atoms with E-state index in [0.29, 0.717) is 24.5 Å². The number of carbonyl (C=O) groups is 1. The van der Waals surface area contributed by atoms with Crippen LogP contribution >= 0.6 is 0 Å². The van der Waals surface area contributed by atoms with Crippen LogP contribution in [0.4, 0.5) is 0 Å². The molecule has 7 heteroatoms. The topological polar surface area (TPSA) is 63.5 Å². The van der Waals surface area contributed by atoms with E-state index in [2.05, 4.69) is 9.88 Å². The van der Waals surface area contributed by atoms with Crippen LogP contribution in [0.2, 0.25) is 0 Å². The maximum Gasteiger partial charge on any atom is 0.258 e. The maximum atomic E-state index is 13.5. The summed E-state index contributed by atoms with van der Waals surface area (Å²) in [5.74, 6) is 2.33. The van der Waals surface area contributed by atoms with E-state index in [-0.39, 0.29) is 11.9 Å². The highest BCUT2D eigenvalue weighted by molar-refractivity contribution is 5.97. The first-order chi connectivity index (χ1) is 15.0. The van der Waals surface area contributed by atoms with Gasteiger partial charge in [0.25, 0.3) is 5.91 Å². The van der Waals surface area contributed by atoms with Crippen molar-refractivity contribution >= 4 is 5.91 Å². The van der Waals surface area contributed by atoms with Gasteiger partial charge in [0, 0.05) is 25.5 Å². The van der Waals surface area contributed by atoms with Crippen LogP contribution < -0.4 is 4.74 Å². The van der Waals surface area contributed by atoms with Crippen LogP contribution in [0.15, 0.2) is 54.9 Å². The molecule has 1 aliphatic rings. The molecule has 1 amide bonds. The van der Waals surface area contributed by atoms with Crippen molar-refractivity contribution < 1.29 is 9.53 Å². The van der Waals surface area contributed by atoms with Gasteiger partial charge in [-0.15, -0.1) is 0 Å². The molecule has 0 saturated carbocycles. The van der Waals surface area contributed by atoms with Crippen LogP contribution in [0.5, 0.6) is 5.75 Å². The van der Waals surface area contributed by atoms with E-state index in [1.807, 2.05) is 79.1 Å². The van der Waals surface area contributed by atoms with Gasteiger partial charge >= 0.3 is 0 Å². The number of rotatable bonds is 7. The zero-order chi connectivity index (χ0) is 21.8. The number of ether oxygens (including phenoxy) is 1. The minimum atomic E-state index is -0.0499. The van der Waals surface area contributed by atoms with Gasteiger partial charge in [-0.1, -0.05) is 18.2 Å². The lowest BCUT2D eigenvalue weighted by Gasteiger charge is -2.26. The van der Waals surface area contributed by atoms with E-state index in [1.54, 1.807) is 6.20 Å². The van der Waals surface area contributed by atoms with Crippen LogP contribution in [-0.2, 0) is 0 Å². The van der Waals surface area contributed by atoms with Crippen LogP contribution in [0, 0.1) is 6.92 Å². The summed E-state index contributed by atoms with van der Waals surface area (Å²) in [5, 5.41) is 0. The monoisotopic (exact) mass is 419 g/mol. The second kappa shape index (κ2) is 9.31. The second-order valence-corrected chi connectivity index (χ2v) is 8.07. The molecule has 2 aromatic heterocycles. The minimum absolute atomic E-state index is 0.00559. The average molecular weight is 420 g/mol. The molecule has 31 heavy (non-hydrogen) atoms. The smallest absolute Gasteiger partial charge is 0.258 e. The molecular formula is C24H29N5O2. The summed E-state index contributed by atoms with van der Waals surface area (Å²) in [6.45, 7) is 3.99. The summed E-state index contributed by atoms with van der Waals surface area (Å²) < 4.78 is 7.89. The number of carbonyl (C=O) groups excluding carboxylic acids is 1. The third-order valence-corrected chi connectivity index (χ3v) is 5.60. The fourth-order valence-electron chi connectivity index (χ4n) is 3.96. The quantitative estimate of drug-likeness (QED) is 0.587. The second-order valence-electron chi connectivity index (χ2n) is 8.07. The van der Waals surface area contributed by atoms with Crippen molar-refractivity contribution in [2.45, 2.75) is 25.8 Å². The van der Waals surface area contributed by atoms with Gasteiger partial charge in [-0.25, -0.2) is 9.97 Å².